The van der Waals surface area contributed by atoms with E-state index >= 15 is 0 Å². The van der Waals surface area contributed by atoms with E-state index in [1.807, 2.05) is 36.4 Å². The third-order valence-corrected chi connectivity index (χ3v) is 4.95. The van der Waals surface area contributed by atoms with Crippen molar-refractivity contribution in [2.45, 2.75) is 38.3 Å². The van der Waals surface area contributed by atoms with Crippen molar-refractivity contribution in [2.24, 2.45) is 10.7 Å². The molecule has 0 radical (unpaired) electrons. The largest absolute Gasteiger partial charge is 0.490 e. The Morgan fingerprint density at radius 2 is 1.77 bits per heavy atom. The van der Waals surface area contributed by atoms with Crippen LogP contribution in [0.2, 0.25) is 5.02 Å². The summed E-state index contributed by atoms with van der Waals surface area (Å²) in [6, 6.07) is 14.2. The van der Waals surface area contributed by atoms with Gasteiger partial charge in [0.05, 0.1) is 11.8 Å². The molecule has 3 rings (SSSR count). The number of rotatable bonds is 8. The van der Waals surface area contributed by atoms with E-state index in [-0.39, 0.29) is 18.9 Å². The molecule has 1 saturated carbocycles. The Morgan fingerprint density at radius 1 is 1.06 bits per heavy atom. The second-order valence-electron chi connectivity index (χ2n) is 7.20. The zero-order valence-corrected chi connectivity index (χ0v) is 17.8. The molecule has 0 aromatic heterocycles. The van der Waals surface area contributed by atoms with E-state index in [1.165, 1.54) is 6.42 Å². The smallest absolute Gasteiger partial charge is 0.321 e. The third-order valence-electron chi connectivity index (χ3n) is 4.69. The van der Waals surface area contributed by atoms with E-state index in [9.17, 15) is 9.59 Å². The predicted molar refractivity (Wildman–Crippen MR) is 120 cm³/mol. The summed E-state index contributed by atoms with van der Waals surface area (Å²) in [6.07, 6.45) is 3.75. The highest BCUT2D eigenvalue weighted by Gasteiger charge is 2.18. The molecule has 5 N–H and O–H groups in total. The fraction of sp³-hybridized carbons (Fsp3) is 0.318. The van der Waals surface area contributed by atoms with Crippen LogP contribution in [-0.2, 0) is 11.3 Å². The number of nitrogens with one attached hydrogen (secondary N) is 3. The van der Waals surface area contributed by atoms with Crippen molar-refractivity contribution in [1.82, 2.24) is 16.0 Å². The van der Waals surface area contributed by atoms with Gasteiger partial charge in [-0.25, -0.2) is 9.79 Å². The SMILES string of the molecule is NC(=O)CCNC(=O)N/C(=N\c1ccc(OC2CCC2)cc1)NCc1ccc(Cl)cc1. The van der Waals surface area contributed by atoms with Crippen molar-refractivity contribution in [3.8, 4) is 5.75 Å². The molecule has 8 nitrogen and oxygen atoms in total. The minimum Gasteiger partial charge on any atom is -0.490 e. The molecule has 164 valence electrons. The highest BCUT2D eigenvalue weighted by Crippen LogP contribution is 2.26. The second-order valence-corrected chi connectivity index (χ2v) is 7.64. The average Bonchev–Trinajstić information content (AvgIpc) is 2.71. The summed E-state index contributed by atoms with van der Waals surface area (Å²) in [5, 5.41) is 8.99. The topological polar surface area (TPSA) is 118 Å². The maximum atomic E-state index is 12.2. The molecule has 0 bridgehead atoms. The minimum absolute atomic E-state index is 0.0561. The number of urea groups is 1. The first-order valence-corrected chi connectivity index (χ1v) is 10.5. The van der Waals surface area contributed by atoms with Gasteiger partial charge in [0.25, 0.3) is 0 Å². The molecule has 0 unspecified atom stereocenters. The molecule has 0 aliphatic heterocycles. The number of ether oxygens (including phenoxy) is 1. The van der Waals surface area contributed by atoms with Crippen molar-refractivity contribution in [3.05, 3.63) is 59.1 Å². The van der Waals surface area contributed by atoms with Crippen molar-refractivity contribution in [2.75, 3.05) is 6.54 Å². The van der Waals surface area contributed by atoms with E-state index in [0.717, 1.165) is 24.2 Å². The zero-order chi connectivity index (χ0) is 22.1. The van der Waals surface area contributed by atoms with Crippen molar-refractivity contribution >= 4 is 35.2 Å². The van der Waals surface area contributed by atoms with Crippen molar-refractivity contribution in [3.63, 3.8) is 0 Å². The lowest BCUT2D eigenvalue weighted by Gasteiger charge is -2.26. The normalized spacial score (nSPS) is 13.8. The molecule has 3 amide bonds. The van der Waals surface area contributed by atoms with Crippen LogP contribution in [0.4, 0.5) is 10.5 Å². The summed E-state index contributed by atoms with van der Waals surface area (Å²) in [5.74, 6) is 0.579. The molecule has 0 atom stereocenters. The lowest BCUT2D eigenvalue weighted by atomic mass is 9.96. The van der Waals surface area contributed by atoms with Crippen LogP contribution >= 0.6 is 11.6 Å². The Balaban J connectivity index is 1.64. The summed E-state index contributed by atoms with van der Waals surface area (Å²) in [7, 11) is 0. The highest BCUT2D eigenvalue weighted by molar-refractivity contribution is 6.30. The van der Waals surface area contributed by atoms with Crippen LogP contribution in [0.15, 0.2) is 53.5 Å². The summed E-state index contributed by atoms with van der Waals surface area (Å²) in [5.41, 5.74) is 6.71. The van der Waals surface area contributed by atoms with Gasteiger partial charge in [-0.05, 0) is 61.2 Å². The number of hydrogen-bond acceptors (Lipinski definition) is 4. The van der Waals surface area contributed by atoms with Gasteiger partial charge in [-0.3, -0.25) is 10.1 Å². The maximum Gasteiger partial charge on any atom is 0.321 e. The standard InChI is InChI=1S/C22H26ClN5O3/c23-16-6-4-15(5-7-16)14-26-21(28-22(30)25-13-12-20(24)29)27-17-8-10-19(11-9-17)31-18-2-1-3-18/h4-11,18H,1-3,12-14H2,(H2,24,29)(H3,25,26,27,28,30). The molecule has 1 fully saturated rings. The number of primary amides is 1. The first-order chi connectivity index (χ1) is 15.0. The number of aliphatic imine (C=N–C) groups is 1. The third kappa shape index (κ3) is 7.82. The number of amides is 3. The summed E-state index contributed by atoms with van der Waals surface area (Å²) in [6.45, 7) is 0.569. The molecule has 0 saturated heterocycles. The zero-order valence-electron chi connectivity index (χ0n) is 17.1. The molecule has 1 aliphatic rings. The van der Waals surface area contributed by atoms with Gasteiger partial charge in [0, 0.05) is 24.5 Å². The van der Waals surface area contributed by atoms with Gasteiger partial charge < -0.3 is 21.1 Å². The molecule has 31 heavy (non-hydrogen) atoms. The fourth-order valence-corrected chi connectivity index (χ4v) is 2.89. The van der Waals surface area contributed by atoms with Gasteiger partial charge in [-0.15, -0.1) is 0 Å². The van der Waals surface area contributed by atoms with Crippen LogP contribution < -0.4 is 26.4 Å². The number of halogens is 1. The van der Waals surface area contributed by atoms with E-state index in [2.05, 4.69) is 20.9 Å². The number of carbonyl (C=O) groups is 2. The number of guanidine groups is 1. The number of nitrogens with zero attached hydrogens (tertiary/aromatic N) is 1. The van der Waals surface area contributed by atoms with Crippen LogP contribution in [0.5, 0.6) is 5.75 Å². The average molecular weight is 444 g/mol. The number of nitrogens with two attached hydrogens (primary N) is 1. The first kappa shape index (κ1) is 22.4. The summed E-state index contributed by atoms with van der Waals surface area (Å²) >= 11 is 5.93. The Bertz CT molecular complexity index is 912. The molecular weight excluding hydrogens is 418 g/mol. The molecule has 0 heterocycles. The van der Waals surface area contributed by atoms with E-state index in [1.54, 1.807) is 12.1 Å². The first-order valence-electron chi connectivity index (χ1n) is 10.1. The van der Waals surface area contributed by atoms with Gasteiger partial charge >= 0.3 is 6.03 Å². The van der Waals surface area contributed by atoms with Gasteiger partial charge in [-0.2, -0.15) is 0 Å². The molecule has 2 aromatic carbocycles. The Hall–Kier alpha value is -3.26. The molecule has 9 heteroatoms. The van der Waals surface area contributed by atoms with Crippen LogP contribution in [-0.4, -0.2) is 30.5 Å². The lowest BCUT2D eigenvalue weighted by molar-refractivity contribution is -0.117. The van der Waals surface area contributed by atoms with E-state index in [4.69, 9.17) is 22.1 Å². The van der Waals surface area contributed by atoms with Crippen molar-refractivity contribution in [1.29, 1.82) is 0 Å². The number of carbonyl (C=O) groups excluding carboxylic acids is 2. The molecule has 1 aliphatic carbocycles. The lowest BCUT2D eigenvalue weighted by Crippen LogP contribution is -2.46. The van der Waals surface area contributed by atoms with Crippen LogP contribution in [0.3, 0.4) is 0 Å². The van der Waals surface area contributed by atoms with E-state index in [0.29, 0.717) is 23.4 Å². The summed E-state index contributed by atoms with van der Waals surface area (Å²) < 4.78 is 5.86. The van der Waals surface area contributed by atoms with Crippen LogP contribution in [0.25, 0.3) is 0 Å². The van der Waals surface area contributed by atoms with Gasteiger partial charge in [-0.1, -0.05) is 23.7 Å². The minimum atomic E-state index is -0.492. The quantitative estimate of drug-likeness (QED) is 0.370. The summed E-state index contributed by atoms with van der Waals surface area (Å²) in [4.78, 5) is 27.5. The Labute approximate surface area is 186 Å². The number of hydrogen-bond donors (Lipinski definition) is 4. The predicted octanol–water partition coefficient (Wildman–Crippen LogP) is 3.22. The molecule has 0 spiro atoms. The highest BCUT2D eigenvalue weighted by atomic mass is 35.5. The van der Waals surface area contributed by atoms with Gasteiger partial charge in [0.1, 0.15) is 5.75 Å². The monoisotopic (exact) mass is 443 g/mol. The van der Waals surface area contributed by atoms with E-state index < -0.39 is 11.9 Å². The number of benzene rings is 2. The Kier molecular flexibility index (Phi) is 8.12. The Morgan fingerprint density at radius 3 is 2.39 bits per heavy atom. The molecular formula is C22H26ClN5O3. The van der Waals surface area contributed by atoms with Crippen LogP contribution in [0, 0.1) is 0 Å². The second kappa shape index (κ2) is 11.2. The fourth-order valence-electron chi connectivity index (χ4n) is 2.76. The van der Waals surface area contributed by atoms with Crippen LogP contribution in [0.1, 0.15) is 31.2 Å². The molecule has 2 aromatic rings. The van der Waals surface area contributed by atoms with Gasteiger partial charge in [0.15, 0.2) is 0 Å². The maximum absolute atomic E-state index is 12.2. The van der Waals surface area contributed by atoms with Gasteiger partial charge in [0.2, 0.25) is 11.9 Å². The van der Waals surface area contributed by atoms with Crippen molar-refractivity contribution < 1.29 is 14.3 Å².